The summed E-state index contributed by atoms with van der Waals surface area (Å²) in [5.41, 5.74) is 0. The van der Waals surface area contributed by atoms with Crippen LogP contribution in [-0.2, 0) is 23.7 Å². The number of hydrogen-bond donors (Lipinski definition) is 0. The van der Waals surface area contributed by atoms with E-state index < -0.39 is 0 Å². The fraction of sp³-hybridized carbons (Fsp3) is 0.900. The van der Waals surface area contributed by atoms with E-state index in [2.05, 4.69) is 0 Å². The van der Waals surface area contributed by atoms with Crippen molar-refractivity contribution in [2.75, 3.05) is 46.8 Å². The van der Waals surface area contributed by atoms with Crippen LogP contribution in [0.5, 0.6) is 0 Å². The van der Waals surface area contributed by atoms with E-state index in [1.807, 2.05) is 0 Å². The van der Waals surface area contributed by atoms with Crippen molar-refractivity contribution in [2.45, 2.75) is 13.0 Å². The van der Waals surface area contributed by atoms with E-state index in [0.29, 0.717) is 39.6 Å². The lowest BCUT2D eigenvalue weighted by Gasteiger charge is -2.07. The Bertz CT molecular complexity index is 140. The van der Waals surface area contributed by atoms with E-state index in [9.17, 15) is 4.79 Å². The van der Waals surface area contributed by atoms with E-state index in [-0.39, 0.29) is 6.10 Å². The molecule has 0 spiro atoms. The molecular weight excluding hydrogens is 200 g/mol. The molecule has 0 rings (SSSR count). The molecule has 0 amide bonds. The minimum atomic E-state index is -0.355. The fourth-order valence-corrected chi connectivity index (χ4v) is 0.796. The Morgan fingerprint density at radius 2 is 1.53 bits per heavy atom. The second-order valence-corrected chi connectivity index (χ2v) is 2.93. The van der Waals surface area contributed by atoms with Gasteiger partial charge in [-0.15, -0.1) is 0 Å². The van der Waals surface area contributed by atoms with Gasteiger partial charge in [-0.1, -0.05) is 0 Å². The van der Waals surface area contributed by atoms with Crippen LogP contribution in [0.1, 0.15) is 6.92 Å². The second kappa shape index (κ2) is 11.6. The lowest BCUT2D eigenvalue weighted by molar-refractivity contribution is -0.118. The Hall–Kier alpha value is -0.490. The zero-order valence-corrected chi connectivity index (χ0v) is 9.44. The van der Waals surface area contributed by atoms with Gasteiger partial charge in [0.15, 0.2) is 0 Å². The molecule has 0 aromatic rings. The second-order valence-electron chi connectivity index (χ2n) is 2.93. The van der Waals surface area contributed by atoms with Crippen molar-refractivity contribution in [3.05, 3.63) is 0 Å². The van der Waals surface area contributed by atoms with E-state index in [0.717, 1.165) is 6.29 Å². The van der Waals surface area contributed by atoms with Crippen molar-refractivity contribution in [1.82, 2.24) is 0 Å². The number of aldehydes is 1. The van der Waals surface area contributed by atoms with Gasteiger partial charge in [-0.2, -0.15) is 0 Å². The summed E-state index contributed by atoms with van der Waals surface area (Å²) in [4.78, 5) is 10.2. The molecule has 0 aromatic carbocycles. The van der Waals surface area contributed by atoms with Gasteiger partial charge in [0.1, 0.15) is 12.4 Å². The van der Waals surface area contributed by atoms with Crippen LogP contribution in [0.25, 0.3) is 0 Å². The molecule has 0 heterocycles. The van der Waals surface area contributed by atoms with E-state index >= 15 is 0 Å². The fourth-order valence-electron chi connectivity index (χ4n) is 0.796. The predicted octanol–water partition coefficient (Wildman–Crippen LogP) is 0.270. The highest BCUT2D eigenvalue weighted by atomic mass is 16.6. The van der Waals surface area contributed by atoms with Crippen LogP contribution < -0.4 is 0 Å². The van der Waals surface area contributed by atoms with Crippen molar-refractivity contribution in [3.63, 3.8) is 0 Å². The molecule has 1 atom stereocenters. The summed E-state index contributed by atoms with van der Waals surface area (Å²) in [6.45, 7) is 4.86. The normalized spacial score (nSPS) is 12.7. The Labute approximate surface area is 90.6 Å². The Morgan fingerprint density at radius 1 is 1.00 bits per heavy atom. The standard InChI is InChI=1S/C10H20O5/c1-10(9-11)15-8-7-14-6-5-13-4-3-12-2/h9-10H,3-8H2,1-2H3. The molecule has 1 unspecified atom stereocenters. The first-order valence-electron chi connectivity index (χ1n) is 5.02. The highest BCUT2D eigenvalue weighted by Gasteiger charge is 1.97. The van der Waals surface area contributed by atoms with Gasteiger partial charge in [-0.05, 0) is 6.92 Å². The molecule has 0 saturated carbocycles. The monoisotopic (exact) mass is 220 g/mol. The van der Waals surface area contributed by atoms with Gasteiger partial charge in [0.2, 0.25) is 0 Å². The number of hydrogen-bond acceptors (Lipinski definition) is 5. The topological polar surface area (TPSA) is 54.0 Å². The third-order valence-electron chi connectivity index (χ3n) is 1.60. The van der Waals surface area contributed by atoms with E-state index in [1.165, 1.54) is 0 Å². The van der Waals surface area contributed by atoms with Gasteiger partial charge < -0.3 is 23.7 Å². The van der Waals surface area contributed by atoms with Gasteiger partial charge in [0.05, 0.1) is 39.6 Å². The van der Waals surface area contributed by atoms with Crippen LogP contribution in [0, 0.1) is 0 Å². The summed E-state index contributed by atoms with van der Waals surface area (Å²) in [5, 5.41) is 0. The molecule has 5 heteroatoms. The molecule has 0 N–H and O–H groups in total. The van der Waals surface area contributed by atoms with Crippen LogP contribution in [0.3, 0.4) is 0 Å². The summed E-state index contributed by atoms with van der Waals surface area (Å²) in [5.74, 6) is 0. The molecular formula is C10H20O5. The summed E-state index contributed by atoms with van der Waals surface area (Å²) >= 11 is 0. The minimum absolute atomic E-state index is 0.355. The van der Waals surface area contributed by atoms with Crippen LogP contribution in [0.2, 0.25) is 0 Å². The number of ether oxygens (including phenoxy) is 4. The van der Waals surface area contributed by atoms with E-state index in [1.54, 1.807) is 14.0 Å². The van der Waals surface area contributed by atoms with Gasteiger partial charge >= 0.3 is 0 Å². The largest absolute Gasteiger partial charge is 0.382 e. The third kappa shape index (κ3) is 11.4. The van der Waals surface area contributed by atoms with Crippen molar-refractivity contribution < 1.29 is 23.7 Å². The first-order valence-corrected chi connectivity index (χ1v) is 5.02. The van der Waals surface area contributed by atoms with E-state index in [4.69, 9.17) is 18.9 Å². The lowest BCUT2D eigenvalue weighted by Crippen LogP contribution is -2.15. The van der Waals surface area contributed by atoms with Crippen molar-refractivity contribution in [1.29, 1.82) is 0 Å². The molecule has 0 saturated heterocycles. The Balaban J connectivity index is 2.95. The predicted molar refractivity (Wildman–Crippen MR) is 55.0 cm³/mol. The first-order chi connectivity index (χ1) is 7.31. The van der Waals surface area contributed by atoms with Crippen LogP contribution in [-0.4, -0.2) is 59.1 Å². The van der Waals surface area contributed by atoms with Crippen LogP contribution >= 0.6 is 0 Å². The molecule has 90 valence electrons. The van der Waals surface area contributed by atoms with Crippen molar-refractivity contribution >= 4 is 6.29 Å². The van der Waals surface area contributed by atoms with Gasteiger partial charge in [-0.25, -0.2) is 0 Å². The average Bonchev–Trinajstić information content (AvgIpc) is 2.26. The minimum Gasteiger partial charge on any atom is -0.382 e. The highest BCUT2D eigenvalue weighted by molar-refractivity contribution is 5.55. The Kier molecular flexibility index (Phi) is 11.2. The van der Waals surface area contributed by atoms with Gasteiger partial charge in [0, 0.05) is 7.11 Å². The molecule has 0 aliphatic heterocycles. The molecule has 0 bridgehead atoms. The summed E-state index contributed by atoms with van der Waals surface area (Å²) in [6, 6.07) is 0. The number of rotatable bonds is 11. The molecule has 15 heavy (non-hydrogen) atoms. The molecule has 0 aromatic heterocycles. The number of carbonyl (C=O) groups is 1. The zero-order valence-electron chi connectivity index (χ0n) is 9.44. The molecule has 0 fully saturated rings. The summed E-state index contributed by atoms with van der Waals surface area (Å²) < 4.78 is 20.3. The smallest absolute Gasteiger partial charge is 0.148 e. The lowest BCUT2D eigenvalue weighted by atomic mass is 10.5. The summed E-state index contributed by atoms with van der Waals surface area (Å²) in [7, 11) is 1.63. The SMILES string of the molecule is COCCOCCOCCOC(C)C=O. The van der Waals surface area contributed by atoms with Crippen molar-refractivity contribution in [2.24, 2.45) is 0 Å². The number of methoxy groups -OCH3 is 1. The van der Waals surface area contributed by atoms with Gasteiger partial charge in [-0.3, -0.25) is 0 Å². The molecule has 0 aliphatic rings. The van der Waals surface area contributed by atoms with Gasteiger partial charge in [0.25, 0.3) is 0 Å². The third-order valence-corrected chi connectivity index (χ3v) is 1.60. The molecule has 0 aliphatic carbocycles. The maximum absolute atomic E-state index is 10.2. The quantitative estimate of drug-likeness (QED) is 0.369. The van der Waals surface area contributed by atoms with Crippen LogP contribution in [0.4, 0.5) is 0 Å². The molecule has 0 radical (unpaired) electrons. The maximum atomic E-state index is 10.2. The first kappa shape index (κ1) is 14.5. The Morgan fingerprint density at radius 3 is 2.07 bits per heavy atom. The highest BCUT2D eigenvalue weighted by Crippen LogP contribution is 1.86. The summed E-state index contributed by atoms with van der Waals surface area (Å²) in [6.07, 6.45) is 0.403. The molecule has 5 nitrogen and oxygen atoms in total. The zero-order chi connectivity index (χ0) is 11.4. The maximum Gasteiger partial charge on any atom is 0.148 e. The van der Waals surface area contributed by atoms with Crippen LogP contribution in [0.15, 0.2) is 0 Å². The van der Waals surface area contributed by atoms with Crippen molar-refractivity contribution in [3.8, 4) is 0 Å². The number of carbonyl (C=O) groups excluding carboxylic acids is 1. The average molecular weight is 220 g/mol.